The molecular weight excluding hydrogens is 452 g/mol. The van der Waals surface area contributed by atoms with Gasteiger partial charge in [0.25, 0.3) is 5.91 Å². The van der Waals surface area contributed by atoms with Crippen LogP contribution in [-0.2, 0) is 14.3 Å². The number of nitrogens with one attached hydrogen (secondary N) is 1. The van der Waals surface area contributed by atoms with Crippen molar-refractivity contribution in [1.29, 1.82) is 0 Å². The van der Waals surface area contributed by atoms with Gasteiger partial charge in [0.1, 0.15) is 5.82 Å². The van der Waals surface area contributed by atoms with E-state index in [-0.39, 0.29) is 11.7 Å². The molecule has 2 amide bonds. The fourth-order valence-corrected chi connectivity index (χ4v) is 4.64. The summed E-state index contributed by atoms with van der Waals surface area (Å²) < 4.78 is 6.90. The van der Waals surface area contributed by atoms with Crippen molar-refractivity contribution in [2.75, 3.05) is 30.8 Å². The topological polar surface area (TPSA) is 93.5 Å². The summed E-state index contributed by atoms with van der Waals surface area (Å²) in [5.74, 6) is -0.274. The van der Waals surface area contributed by atoms with E-state index in [4.69, 9.17) is 4.74 Å². The number of likely N-dealkylation sites (tertiary alicyclic amines) is 1. The Morgan fingerprint density at radius 3 is 2.50 bits per heavy atom. The maximum Gasteiger partial charge on any atom is 0.339 e. The molecule has 0 saturated carbocycles. The van der Waals surface area contributed by atoms with E-state index in [1.54, 1.807) is 35.0 Å². The van der Waals surface area contributed by atoms with E-state index in [0.29, 0.717) is 16.3 Å². The second kappa shape index (κ2) is 11.0. The number of anilines is 1. The third-order valence-corrected chi connectivity index (χ3v) is 6.41. The highest BCUT2D eigenvalue weighted by molar-refractivity contribution is 8.00. The molecule has 0 aliphatic carbocycles. The van der Waals surface area contributed by atoms with Crippen LogP contribution >= 0.6 is 11.8 Å². The lowest BCUT2D eigenvalue weighted by atomic mass is 10.2. The van der Waals surface area contributed by atoms with Crippen molar-refractivity contribution < 1.29 is 19.1 Å². The van der Waals surface area contributed by atoms with Crippen LogP contribution in [0, 0.1) is 6.92 Å². The maximum atomic E-state index is 12.7. The van der Waals surface area contributed by atoms with Crippen molar-refractivity contribution in [2.45, 2.75) is 24.7 Å². The van der Waals surface area contributed by atoms with Crippen molar-refractivity contribution in [3.63, 3.8) is 0 Å². The van der Waals surface area contributed by atoms with Crippen LogP contribution in [0.15, 0.2) is 65.6 Å². The maximum absolute atomic E-state index is 12.7. The van der Waals surface area contributed by atoms with Crippen molar-refractivity contribution in [2.24, 2.45) is 0 Å². The Morgan fingerprint density at radius 2 is 1.74 bits per heavy atom. The molecule has 1 fully saturated rings. The Balaban J connectivity index is 1.34. The molecule has 0 spiro atoms. The van der Waals surface area contributed by atoms with Gasteiger partial charge < -0.3 is 15.0 Å². The van der Waals surface area contributed by atoms with Crippen molar-refractivity contribution in [3.05, 3.63) is 71.9 Å². The Morgan fingerprint density at radius 1 is 1.03 bits per heavy atom. The molecule has 1 aliphatic heterocycles. The number of rotatable bonds is 8. The molecule has 1 saturated heterocycles. The van der Waals surface area contributed by atoms with Gasteiger partial charge in [0, 0.05) is 24.1 Å². The molecule has 3 aromatic rings. The first kappa shape index (κ1) is 23.6. The molecule has 1 N–H and O–H groups in total. The zero-order chi connectivity index (χ0) is 23.9. The molecule has 1 aromatic heterocycles. The number of para-hydroxylation sites is 1. The van der Waals surface area contributed by atoms with E-state index in [1.807, 2.05) is 42.2 Å². The molecule has 176 valence electrons. The van der Waals surface area contributed by atoms with Crippen LogP contribution < -0.4 is 5.32 Å². The summed E-state index contributed by atoms with van der Waals surface area (Å²) in [7, 11) is 0. The smallest absolute Gasteiger partial charge is 0.339 e. The summed E-state index contributed by atoms with van der Waals surface area (Å²) in [4.78, 5) is 40.0. The lowest BCUT2D eigenvalue weighted by Gasteiger charge is -2.15. The molecule has 1 aliphatic rings. The third kappa shape index (κ3) is 5.85. The number of benzene rings is 2. The molecule has 0 bridgehead atoms. The third-order valence-electron chi connectivity index (χ3n) is 5.35. The Bertz CT molecular complexity index is 1170. The lowest BCUT2D eigenvalue weighted by Crippen LogP contribution is -2.29. The number of nitrogens with zero attached hydrogens (tertiary/aromatic N) is 3. The van der Waals surface area contributed by atoms with E-state index < -0.39 is 18.5 Å². The van der Waals surface area contributed by atoms with Crippen LogP contribution in [0.3, 0.4) is 0 Å². The first-order chi connectivity index (χ1) is 16.5. The monoisotopic (exact) mass is 478 g/mol. The molecule has 0 unspecified atom stereocenters. The van der Waals surface area contributed by atoms with Gasteiger partial charge in [0.2, 0.25) is 5.91 Å². The summed E-state index contributed by atoms with van der Waals surface area (Å²) in [6, 6.07) is 18.1. The second-order valence-electron chi connectivity index (χ2n) is 7.92. The number of carbonyl (C=O) groups is 3. The highest BCUT2D eigenvalue weighted by Gasteiger charge is 2.20. The second-order valence-corrected chi connectivity index (χ2v) is 8.93. The van der Waals surface area contributed by atoms with Gasteiger partial charge in [-0.1, -0.05) is 30.3 Å². The average Bonchev–Trinajstić information content (AvgIpc) is 3.52. The zero-order valence-electron chi connectivity index (χ0n) is 18.9. The van der Waals surface area contributed by atoms with Gasteiger partial charge in [-0.3, -0.25) is 9.59 Å². The fraction of sp³-hybridized carbons (Fsp3) is 0.280. The van der Waals surface area contributed by atoms with E-state index in [1.165, 1.54) is 11.8 Å². The number of hydrogen-bond acceptors (Lipinski definition) is 6. The van der Waals surface area contributed by atoms with E-state index in [0.717, 1.165) is 37.3 Å². The Hall–Kier alpha value is -3.59. The first-order valence-corrected chi connectivity index (χ1v) is 12.1. The standard InChI is InChI=1S/C25H26N4O4S/c1-18-15-22(29(27-18)19-9-3-2-4-10-19)26-23(30)16-33-25(32)20-11-5-6-12-21(20)34-17-24(31)28-13-7-8-14-28/h2-6,9-12,15H,7-8,13-14,16-17H2,1H3,(H,26,30). The summed E-state index contributed by atoms with van der Waals surface area (Å²) in [6.07, 6.45) is 2.07. The van der Waals surface area contributed by atoms with Gasteiger partial charge in [-0.2, -0.15) is 5.10 Å². The molecule has 0 atom stereocenters. The normalized spacial score (nSPS) is 13.0. The molecular formula is C25H26N4O4S. The predicted molar refractivity (Wildman–Crippen MR) is 130 cm³/mol. The molecule has 2 heterocycles. The molecule has 34 heavy (non-hydrogen) atoms. The Labute approximate surface area is 202 Å². The summed E-state index contributed by atoms with van der Waals surface area (Å²) >= 11 is 1.31. The van der Waals surface area contributed by atoms with Gasteiger partial charge in [-0.05, 0) is 44.0 Å². The largest absolute Gasteiger partial charge is 0.452 e. The molecule has 9 heteroatoms. The summed E-state index contributed by atoms with van der Waals surface area (Å²) in [6.45, 7) is 2.98. The number of thioether (sulfide) groups is 1. The van der Waals surface area contributed by atoms with Crippen LogP contribution in [0.2, 0.25) is 0 Å². The number of esters is 1. The zero-order valence-corrected chi connectivity index (χ0v) is 19.7. The highest BCUT2D eigenvalue weighted by atomic mass is 32.2. The molecule has 4 rings (SSSR count). The van der Waals surface area contributed by atoms with Crippen LogP contribution in [0.25, 0.3) is 5.69 Å². The fourth-order valence-electron chi connectivity index (χ4n) is 3.70. The number of amides is 2. The van der Waals surface area contributed by atoms with Gasteiger partial charge in [-0.25, -0.2) is 9.48 Å². The number of carbonyl (C=O) groups excluding carboxylic acids is 3. The molecule has 2 aromatic carbocycles. The Kier molecular flexibility index (Phi) is 7.64. The van der Waals surface area contributed by atoms with Crippen molar-refractivity contribution >= 4 is 35.4 Å². The number of ether oxygens (including phenoxy) is 1. The van der Waals surface area contributed by atoms with Crippen LogP contribution in [0.1, 0.15) is 28.9 Å². The van der Waals surface area contributed by atoms with Crippen molar-refractivity contribution in [3.8, 4) is 5.69 Å². The van der Waals surface area contributed by atoms with Gasteiger partial charge in [0.05, 0.1) is 22.7 Å². The van der Waals surface area contributed by atoms with E-state index in [2.05, 4.69) is 10.4 Å². The van der Waals surface area contributed by atoms with Gasteiger partial charge in [0.15, 0.2) is 6.61 Å². The predicted octanol–water partition coefficient (Wildman–Crippen LogP) is 3.69. The molecule has 8 nitrogen and oxygen atoms in total. The van der Waals surface area contributed by atoms with Gasteiger partial charge >= 0.3 is 5.97 Å². The number of aromatic nitrogens is 2. The number of hydrogen-bond donors (Lipinski definition) is 1. The quantitative estimate of drug-likeness (QED) is 0.392. The van der Waals surface area contributed by atoms with E-state index in [9.17, 15) is 14.4 Å². The van der Waals surface area contributed by atoms with Crippen LogP contribution in [-0.4, -0.2) is 57.9 Å². The average molecular weight is 479 g/mol. The highest BCUT2D eigenvalue weighted by Crippen LogP contribution is 2.24. The minimum Gasteiger partial charge on any atom is -0.452 e. The summed E-state index contributed by atoms with van der Waals surface area (Å²) in [5, 5.41) is 7.16. The van der Waals surface area contributed by atoms with Gasteiger partial charge in [-0.15, -0.1) is 11.8 Å². The van der Waals surface area contributed by atoms with E-state index >= 15 is 0 Å². The minimum atomic E-state index is -0.611. The molecule has 0 radical (unpaired) electrons. The van der Waals surface area contributed by atoms with Crippen LogP contribution in [0.5, 0.6) is 0 Å². The van der Waals surface area contributed by atoms with Crippen molar-refractivity contribution in [1.82, 2.24) is 14.7 Å². The first-order valence-electron chi connectivity index (χ1n) is 11.1. The van der Waals surface area contributed by atoms with Crippen LogP contribution in [0.4, 0.5) is 5.82 Å². The number of aryl methyl sites for hydroxylation is 1. The SMILES string of the molecule is Cc1cc(NC(=O)COC(=O)c2ccccc2SCC(=O)N2CCCC2)n(-c2ccccc2)n1. The lowest BCUT2D eigenvalue weighted by molar-refractivity contribution is -0.127. The summed E-state index contributed by atoms with van der Waals surface area (Å²) in [5.41, 5.74) is 1.88. The minimum absolute atomic E-state index is 0.0652.